The Bertz CT molecular complexity index is 3200. The Morgan fingerprint density at radius 2 is 0.750 bits per heavy atom. The van der Waals surface area contributed by atoms with Crippen LogP contribution in [0.25, 0.3) is 82.8 Å². The summed E-state index contributed by atoms with van der Waals surface area (Å²) in [7, 11) is 0. The van der Waals surface area contributed by atoms with Crippen LogP contribution in [0.1, 0.15) is 0 Å². The van der Waals surface area contributed by atoms with Crippen LogP contribution < -0.4 is 4.90 Å². The van der Waals surface area contributed by atoms with Crippen molar-refractivity contribution in [3.63, 3.8) is 0 Å². The van der Waals surface area contributed by atoms with E-state index in [0.29, 0.717) is 0 Å². The molecule has 0 spiro atoms. The van der Waals surface area contributed by atoms with Crippen LogP contribution in [0.3, 0.4) is 0 Å². The summed E-state index contributed by atoms with van der Waals surface area (Å²) < 4.78 is 2.45. The monoisotopic (exact) mass is 764 g/mol. The lowest BCUT2D eigenvalue weighted by atomic mass is 9.97. The highest BCUT2D eigenvalue weighted by Gasteiger charge is 2.19. The van der Waals surface area contributed by atoms with Gasteiger partial charge in [-0.1, -0.05) is 182 Å². The van der Waals surface area contributed by atoms with Crippen molar-refractivity contribution in [1.29, 1.82) is 0 Å². The molecule has 0 fully saturated rings. The van der Waals surface area contributed by atoms with Gasteiger partial charge >= 0.3 is 0 Å². The zero-order valence-corrected chi connectivity index (χ0v) is 33.0. The van der Waals surface area contributed by atoms with Gasteiger partial charge in [0.15, 0.2) is 0 Å². The second kappa shape index (κ2) is 15.1. The van der Waals surface area contributed by atoms with Crippen LogP contribution in [0.4, 0.5) is 17.1 Å². The fraction of sp³-hybridized carbons (Fsp3) is 0. The van der Waals surface area contributed by atoms with Crippen LogP contribution in [0, 0.1) is 0 Å². The Hall–Kier alpha value is -7.94. The lowest BCUT2D eigenvalue weighted by Crippen LogP contribution is -2.10. The first-order valence-corrected chi connectivity index (χ1v) is 20.6. The minimum Gasteiger partial charge on any atom is -0.310 e. The molecule has 0 amide bonds. The number of para-hydroxylation sites is 2. The first-order valence-electron chi connectivity index (χ1n) is 20.6. The molecule has 282 valence electrons. The van der Waals surface area contributed by atoms with E-state index in [1.54, 1.807) is 0 Å². The van der Waals surface area contributed by atoms with E-state index >= 15 is 0 Å². The molecule has 2 heteroatoms. The van der Waals surface area contributed by atoms with Crippen LogP contribution in [0.2, 0.25) is 0 Å². The Balaban J connectivity index is 1.04. The average molecular weight is 765 g/mol. The zero-order valence-electron chi connectivity index (χ0n) is 33.0. The first kappa shape index (κ1) is 35.2. The maximum absolute atomic E-state index is 2.45. The number of anilines is 3. The SMILES string of the molecule is c1ccc(-c2ccc(N(c3ccc(-c4ccccc4)cc3)c3cccc(-c4ccccc4-n4c5ccccc5c5cc(-c6cccc7ccccc67)ccc54)c3)cc2)cc1. The summed E-state index contributed by atoms with van der Waals surface area (Å²) in [6, 6.07) is 87.8. The first-order chi connectivity index (χ1) is 29.8. The second-order valence-corrected chi connectivity index (χ2v) is 15.3. The number of fused-ring (bicyclic) bond motifs is 4. The van der Waals surface area contributed by atoms with Gasteiger partial charge in [0.25, 0.3) is 0 Å². The van der Waals surface area contributed by atoms with Crippen molar-refractivity contribution in [2.75, 3.05) is 4.90 Å². The molecule has 2 nitrogen and oxygen atoms in total. The highest BCUT2D eigenvalue weighted by Crippen LogP contribution is 2.42. The number of hydrogen-bond donors (Lipinski definition) is 0. The van der Waals surface area contributed by atoms with E-state index in [4.69, 9.17) is 0 Å². The number of nitrogens with zero attached hydrogens (tertiary/aromatic N) is 2. The second-order valence-electron chi connectivity index (χ2n) is 15.3. The molecule has 0 radical (unpaired) electrons. The van der Waals surface area contributed by atoms with Gasteiger partial charge in [-0.15, -0.1) is 0 Å². The van der Waals surface area contributed by atoms with Crippen molar-refractivity contribution >= 4 is 49.6 Å². The molecule has 0 saturated heterocycles. The quantitative estimate of drug-likeness (QED) is 0.150. The molecular weight excluding hydrogens is 725 g/mol. The zero-order chi connectivity index (χ0) is 39.8. The maximum atomic E-state index is 2.45. The molecule has 11 rings (SSSR count). The van der Waals surface area contributed by atoms with E-state index in [-0.39, 0.29) is 0 Å². The van der Waals surface area contributed by atoms with Crippen LogP contribution in [-0.4, -0.2) is 4.57 Å². The Morgan fingerprint density at radius 3 is 1.47 bits per heavy atom. The molecule has 0 aliphatic carbocycles. The molecule has 10 aromatic carbocycles. The van der Waals surface area contributed by atoms with Gasteiger partial charge in [-0.2, -0.15) is 0 Å². The van der Waals surface area contributed by atoms with Gasteiger partial charge < -0.3 is 9.47 Å². The smallest absolute Gasteiger partial charge is 0.0541 e. The van der Waals surface area contributed by atoms with Gasteiger partial charge in [0.1, 0.15) is 0 Å². The molecule has 1 heterocycles. The van der Waals surface area contributed by atoms with E-state index in [2.05, 4.69) is 252 Å². The average Bonchev–Trinajstić information content (AvgIpc) is 3.66. The number of aromatic nitrogens is 1. The van der Waals surface area contributed by atoms with Crippen molar-refractivity contribution < 1.29 is 0 Å². The molecule has 0 aliphatic rings. The summed E-state index contributed by atoms with van der Waals surface area (Å²) >= 11 is 0. The molecule has 0 N–H and O–H groups in total. The predicted octanol–water partition coefficient (Wildman–Crippen LogP) is 16.1. The molecule has 0 unspecified atom stereocenters. The van der Waals surface area contributed by atoms with Gasteiger partial charge in [0.05, 0.1) is 16.7 Å². The van der Waals surface area contributed by atoms with Gasteiger partial charge in [-0.05, 0) is 110 Å². The molecule has 0 atom stereocenters. The standard InChI is InChI=1S/C58H40N2/c1-3-15-41(16-4-1)43-29-34-48(35-30-43)59(49-36-31-44(32-37-49)42-17-5-2-6-18-42)50-22-13-21-46(39-50)53-24-9-11-27-56(53)60-57-28-12-10-25-54(57)55-40-47(33-38-58(55)60)52-26-14-20-45-19-7-8-23-51(45)52/h1-40H. The largest absolute Gasteiger partial charge is 0.310 e. The van der Waals surface area contributed by atoms with E-state index in [0.717, 1.165) is 28.3 Å². The number of hydrogen-bond acceptors (Lipinski definition) is 1. The Kier molecular flexibility index (Phi) is 8.87. The van der Waals surface area contributed by atoms with Gasteiger partial charge in [0, 0.05) is 33.4 Å². The summed E-state index contributed by atoms with van der Waals surface area (Å²) in [5, 5.41) is 4.99. The minimum absolute atomic E-state index is 1.09. The molecular formula is C58H40N2. The van der Waals surface area contributed by atoms with Crippen molar-refractivity contribution in [1.82, 2.24) is 4.57 Å². The van der Waals surface area contributed by atoms with E-state index in [1.807, 2.05) is 0 Å². The van der Waals surface area contributed by atoms with Gasteiger partial charge in [0.2, 0.25) is 0 Å². The topological polar surface area (TPSA) is 8.17 Å². The summed E-state index contributed by atoms with van der Waals surface area (Å²) in [5.74, 6) is 0. The summed E-state index contributed by atoms with van der Waals surface area (Å²) in [5.41, 5.74) is 16.4. The van der Waals surface area contributed by atoms with Crippen molar-refractivity contribution in [2.24, 2.45) is 0 Å². The Morgan fingerprint density at radius 1 is 0.267 bits per heavy atom. The van der Waals surface area contributed by atoms with E-state index in [9.17, 15) is 0 Å². The lowest BCUT2D eigenvalue weighted by molar-refractivity contribution is 1.18. The molecule has 0 bridgehead atoms. The Labute approximate surface area is 350 Å². The molecule has 11 aromatic rings. The van der Waals surface area contributed by atoms with Crippen LogP contribution in [-0.2, 0) is 0 Å². The fourth-order valence-corrected chi connectivity index (χ4v) is 8.92. The summed E-state index contributed by atoms with van der Waals surface area (Å²) in [4.78, 5) is 2.37. The van der Waals surface area contributed by atoms with Gasteiger partial charge in [-0.3, -0.25) is 0 Å². The molecule has 0 saturated carbocycles. The van der Waals surface area contributed by atoms with Crippen LogP contribution >= 0.6 is 0 Å². The summed E-state index contributed by atoms with van der Waals surface area (Å²) in [6.07, 6.45) is 0. The fourth-order valence-electron chi connectivity index (χ4n) is 8.92. The van der Waals surface area contributed by atoms with E-state index in [1.165, 1.54) is 71.5 Å². The number of rotatable bonds is 8. The third-order valence-corrected chi connectivity index (χ3v) is 11.8. The van der Waals surface area contributed by atoms with Crippen LogP contribution in [0.15, 0.2) is 243 Å². The molecule has 60 heavy (non-hydrogen) atoms. The minimum atomic E-state index is 1.09. The third-order valence-electron chi connectivity index (χ3n) is 11.8. The van der Waals surface area contributed by atoms with Crippen molar-refractivity contribution in [3.8, 4) is 50.2 Å². The van der Waals surface area contributed by atoms with Gasteiger partial charge in [-0.25, -0.2) is 0 Å². The highest BCUT2D eigenvalue weighted by molar-refractivity contribution is 6.12. The third kappa shape index (κ3) is 6.32. The predicted molar refractivity (Wildman–Crippen MR) is 255 cm³/mol. The van der Waals surface area contributed by atoms with Crippen molar-refractivity contribution in [2.45, 2.75) is 0 Å². The normalized spacial score (nSPS) is 11.3. The van der Waals surface area contributed by atoms with E-state index < -0.39 is 0 Å². The number of benzene rings is 10. The summed E-state index contributed by atoms with van der Waals surface area (Å²) in [6.45, 7) is 0. The van der Waals surface area contributed by atoms with Crippen LogP contribution in [0.5, 0.6) is 0 Å². The molecule has 1 aromatic heterocycles. The highest BCUT2D eigenvalue weighted by atomic mass is 15.1. The van der Waals surface area contributed by atoms with Crippen molar-refractivity contribution in [3.05, 3.63) is 243 Å². The maximum Gasteiger partial charge on any atom is 0.0541 e. The molecule has 0 aliphatic heterocycles. The lowest BCUT2D eigenvalue weighted by Gasteiger charge is -2.27.